The Bertz CT molecular complexity index is 1100. The van der Waals surface area contributed by atoms with Gasteiger partial charge < -0.3 is 4.74 Å². The molecule has 2 aliphatic carbocycles. The van der Waals surface area contributed by atoms with Crippen molar-refractivity contribution in [2.75, 3.05) is 6.61 Å². The molecule has 43 heavy (non-hydrogen) atoms. The summed E-state index contributed by atoms with van der Waals surface area (Å²) in [6, 6.07) is 12.4. The zero-order valence-electron chi connectivity index (χ0n) is 29.3. The average Bonchev–Trinajstić information content (AvgIpc) is 3.06. The van der Waals surface area contributed by atoms with Gasteiger partial charge in [-0.25, -0.2) is 0 Å². The summed E-state index contributed by atoms with van der Waals surface area (Å²) in [7, 11) is 0. The topological polar surface area (TPSA) is 9.23 Å². The van der Waals surface area contributed by atoms with E-state index in [-0.39, 0.29) is 0 Å². The van der Waals surface area contributed by atoms with E-state index in [9.17, 15) is 0 Å². The molecule has 2 saturated carbocycles. The van der Waals surface area contributed by atoms with Crippen LogP contribution in [-0.4, -0.2) is 6.61 Å². The van der Waals surface area contributed by atoms with Crippen LogP contribution in [-0.2, 0) is 19.3 Å². The Morgan fingerprint density at radius 1 is 0.628 bits per heavy atom. The summed E-state index contributed by atoms with van der Waals surface area (Å²) < 4.78 is 6.54. The molecule has 0 unspecified atom stereocenters. The average molecular weight is 587 g/mol. The van der Waals surface area contributed by atoms with Crippen LogP contribution in [0.2, 0.25) is 0 Å². The number of aryl methyl sites for hydroxylation is 3. The fraction of sp³-hybridized carbons (Fsp3) is 0.714. The van der Waals surface area contributed by atoms with Crippen LogP contribution in [0.15, 0.2) is 30.3 Å². The number of rotatable bonds is 15. The molecule has 2 fully saturated rings. The zero-order chi connectivity index (χ0) is 30.8. The zero-order valence-corrected chi connectivity index (χ0v) is 29.3. The molecule has 0 N–H and O–H groups in total. The summed E-state index contributed by atoms with van der Waals surface area (Å²) in [5.41, 5.74) is 9.20. The highest BCUT2D eigenvalue weighted by Crippen LogP contribution is 2.42. The lowest BCUT2D eigenvalue weighted by Gasteiger charge is -2.32. The third-order valence-electron chi connectivity index (χ3n) is 12.4. The molecule has 0 aromatic heterocycles. The summed E-state index contributed by atoms with van der Waals surface area (Å²) in [5.74, 6) is 4.84. The van der Waals surface area contributed by atoms with Gasteiger partial charge in [-0.15, -0.1) is 0 Å². The Hall–Kier alpha value is -1.76. The van der Waals surface area contributed by atoms with Gasteiger partial charge in [0.05, 0.1) is 6.61 Å². The first-order chi connectivity index (χ1) is 20.9. The van der Waals surface area contributed by atoms with Gasteiger partial charge in [-0.3, -0.25) is 0 Å². The highest BCUT2D eigenvalue weighted by atomic mass is 16.5. The summed E-state index contributed by atoms with van der Waals surface area (Å²) in [6.45, 7) is 17.2. The lowest BCUT2D eigenvalue weighted by atomic mass is 9.74. The number of ether oxygens (including phenoxy) is 1. The number of benzene rings is 2. The van der Waals surface area contributed by atoms with Gasteiger partial charge in [0.1, 0.15) is 5.75 Å². The first-order valence-electron chi connectivity index (χ1n) is 18.8. The standard InChI is InChI=1S/C42H66O/c1-8-34-28-38(37-22-20-33(21-23-37)19-18-32-16-14-31(7)15-17-32)24-25-39(34)40-29-36(10-3)41(30-35(40)9-2)43-27-26-42(11-4,12-5)13-6/h24-25,28-33,37H,8-23,26-27H2,1-7H3. The quantitative estimate of drug-likeness (QED) is 0.202. The molecular formula is C42H66O. The molecule has 0 bridgehead atoms. The first-order valence-corrected chi connectivity index (χ1v) is 18.8. The molecule has 0 radical (unpaired) electrons. The Kier molecular flexibility index (Phi) is 13.1. The second kappa shape index (κ2) is 16.5. The van der Waals surface area contributed by atoms with Gasteiger partial charge in [-0.2, -0.15) is 0 Å². The molecule has 0 amide bonds. The van der Waals surface area contributed by atoms with Crippen LogP contribution in [0.1, 0.15) is 167 Å². The van der Waals surface area contributed by atoms with E-state index in [0.29, 0.717) is 5.41 Å². The van der Waals surface area contributed by atoms with Crippen molar-refractivity contribution >= 4 is 0 Å². The second-order valence-corrected chi connectivity index (χ2v) is 14.7. The fourth-order valence-corrected chi connectivity index (χ4v) is 8.57. The Balaban J connectivity index is 1.42. The maximum atomic E-state index is 6.54. The van der Waals surface area contributed by atoms with E-state index < -0.39 is 0 Å². The normalized spacial score (nSPS) is 23.0. The molecule has 2 aliphatic rings. The largest absolute Gasteiger partial charge is 0.493 e. The van der Waals surface area contributed by atoms with E-state index in [1.807, 2.05) is 0 Å². The third-order valence-corrected chi connectivity index (χ3v) is 12.4. The van der Waals surface area contributed by atoms with Gasteiger partial charge in [0.2, 0.25) is 0 Å². The van der Waals surface area contributed by atoms with Crippen LogP contribution in [0.5, 0.6) is 5.75 Å². The maximum Gasteiger partial charge on any atom is 0.122 e. The molecule has 0 aliphatic heterocycles. The lowest BCUT2D eigenvalue weighted by Crippen LogP contribution is -2.21. The van der Waals surface area contributed by atoms with Crippen LogP contribution in [0.4, 0.5) is 0 Å². The predicted octanol–water partition coefficient (Wildman–Crippen LogP) is 12.9. The SMILES string of the molecule is CCc1cc(-c2ccc(C3CCC(CCC4CCC(C)CC4)CC3)cc2CC)c(CC)cc1OCCC(CC)(CC)CC. The van der Waals surface area contributed by atoms with Crippen molar-refractivity contribution in [3.8, 4) is 16.9 Å². The summed E-state index contributed by atoms with van der Waals surface area (Å²) in [5, 5.41) is 0. The molecule has 0 saturated heterocycles. The Morgan fingerprint density at radius 3 is 1.74 bits per heavy atom. The molecule has 0 atom stereocenters. The molecule has 1 heteroatoms. The highest BCUT2D eigenvalue weighted by Gasteiger charge is 2.26. The second-order valence-electron chi connectivity index (χ2n) is 14.7. The smallest absolute Gasteiger partial charge is 0.122 e. The van der Waals surface area contributed by atoms with E-state index in [2.05, 4.69) is 78.8 Å². The molecule has 2 aromatic rings. The number of hydrogen-bond donors (Lipinski definition) is 0. The van der Waals surface area contributed by atoms with Gasteiger partial charge in [0.15, 0.2) is 0 Å². The van der Waals surface area contributed by atoms with Crippen molar-refractivity contribution < 1.29 is 4.74 Å². The van der Waals surface area contributed by atoms with Crippen molar-refractivity contribution in [1.82, 2.24) is 0 Å². The fourth-order valence-electron chi connectivity index (χ4n) is 8.57. The van der Waals surface area contributed by atoms with Crippen molar-refractivity contribution in [3.63, 3.8) is 0 Å². The minimum atomic E-state index is 0.421. The minimum Gasteiger partial charge on any atom is -0.493 e. The first kappa shape index (κ1) is 34.1. The van der Waals surface area contributed by atoms with Gasteiger partial charge in [-0.05, 0) is 126 Å². The van der Waals surface area contributed by atoms with Crippen LogP contribution in [0.25, 0.3) is 11.1 Å². The number of hydrogen-bond acceptors (Lipinski definition) is 1. The van der Waals surface area contributed by atoms with Gasteiger partial charge >= 0.3 is 0 Å². The molecule has 0 heterocycles. The van der Waals surface area contributed by atoms with Crippen molar-refractivity contribution in [2.24, 2.45) is 23.2 Å². The molecule has 2 aromatic carbocycles. The van der Waals surface area contributed by atoms with Crippen molar-refractivity contribution in [2.45, 2.75) is 164 Å². The van der Waals surface area contributed by atoms with Gasteiger partial charge in [-0.1, -0.05) is 124 Å². The van der Waals surface area contributed by atoms with E-state index in [1.165, 1.54) is 111 Å². The van der Waals surface area contributed by atoms with Crippen molar-refractivity contribution in [3.05, 3.63) is 52.6 Å². The van der Waals surface area contributed by atoms with Crippen LogP contribution < -0.4 is 4.74 Å². The lowest BCUT2D eigenvalue weighted by molar-refractivity contribution is 0.173. The van der Waals surface area contributed by atoms with Crippen LogP contribution in [0, 0.1) is 23.2 Å². The van der Waals surface area contributed by atoms with Gasteiger partial charge in [0.25, 0.3) is 0 Å². The van der Waals surface area contributed by atoms with E-state index in [0.717, 1.165) is 61.7 Å². The Morgan fingerprint density at radius 2 is 1.19 bits per heavy atom. The maximum absolute atomic E-state index is 6.54. The van der Waals surface area contributed by atoms with Crippen molar-refractivity contribution in [1.29, 1.82) is 0 Å². The molecule has 4 rings (SSSR count). The molecular weight excluding hydrogens is 520 g/mol. The van der Waals surface area contributed by atoms with Gasteiger partial charge in [0, 0.05) is 0 Å². The third kappa shape index (κ3) is 8.70. The van der Waals surface area contributed by atoms with Crippen LogP contribution >= 0.6 is 0 Å². The van der Waals surface area contributed by atoms with E-state index in [4.69, 9.17) is 4.74 Å². The Labute approximate surface area is 267 Å². The molecule has 0 spiro atoms. The predicted molar refractivity (Wildman–Crippen MR) is 188 cm³/mol. The van der Waals surface area contributed by atoms with Crippen LogP contribution in [0.3, 0.4) is 0 Å². The minimum absolute atomic E-state index is 0.421. The summed E-state index contributed by atoms with van der Waals surface area (Å²) in [4.78, 5) is 0. The molecule has 240 valence electrons. The highest BCUT2D eigenvalue weighted by molar-refractivity contribution is 5.73. The molecule has 1 nitrogen and oxygen atoms in total. The van der Waals surface area contributed by atoms with E-state index in [1.54, 1.807) is 5.56 Å². The van der Waals surface area contributed by atoms with E-state index >= 15 is 0 Å². The summed E-state index contributed by atoms with van der Waals surface area (Å²) in [6.07, 6.45) is 22.6. The monoisotopic (exact) mass is 587 g/mol. The summed E-state index contributed by atoms with van der Waals surface area (Å²) >= 11 is 0.